The van der Waals surface area contributed by atoms with Gasteiger partial charge in [0, 0.05) is 6.20 Å². The van der Waals surface area contributed by atoms with Gasteiger partial charge in [-0.3, -0.25) is 19.3 Å². The summed E-state index contributed by atoms with van der Waals surface area (Å²) in [6, 6.07) is 10.3. The molecule has 2 aliphatic heterocycles. The highest BCUT2D eigenvalue weighted by molar-refractivity contribution is 7.89. The minimum absolute atomic E-state index is 0.0793. The molecule has 1 saturated heterocycles. The van der Waals surface area contributed by atoms with Gasteiger partial charge in [-0.25, -0.2) is 13.6 Å². The minimum Gasteiger partial charge on any atom is -0.308 e. The van der Waals surface area contributed by atoms with Crippen LogP contribution < -0.4 is 5.14 Å². The lowest BCUT2D eigenvalue weighted by molar-refractivity contribution is -0.150. The quantitative estimate of drug-likeness (QED) is 0.611. The standard InChI is InChI=1S/C19H15N3O5S/c1-2-21-15(11-7-9-12(10-8-11)28(20,26)27)16(19(21)25)22-17(23)13-5-3-4-6-14(13)18(22)24/h2-10,15-16H,1H2,(H2,20,26,27)/t15-,16-/m0/s1. The Morgan fingerprint density at radius 1 is 0.893 bits per heavy atom. The first-order valence-electron chi connectivity index (χ1n) is 8.30. The van der Waals surface area contributed by atoms with Gasteiger partial charge < -0.3 is 4.90 Å². The van der Waals surface area contributed by atoms with Crippen LogP contribution in [0.4, 0.5) is 0 Å². The molecule has 2 N–H and O–H groups in total. The zero-order valence-corrected chi connectivity index (χ0v) is 15.3. The molecule has 4 rings (SSSR count). The van der Waals surface area contributed by atoms with Crippen molar-refractivity contribution in [2.24, 2.45) is 5.14 Å². The molecule has 2 atom stereocenters. The molecule has 28 heavy (non-hydrogen) atoms. The molecule has 2 aromatic rings. The number of carbonyl (C=O) groups excluding carboxylic acids is 3. The van der Waals surface area contributed by atoms with Gasteiger partial charge in [0.25, 0.3) is 17.7 Å². The molecule has 0 aliphatic carbocycles. The fourth-order valence-electron chi connectivity index (χ4n) is 3.61. The summed E-state index contributed by atoms with van der Waals surface area (Å²) in [5.41, 5.74) is 1.05. The van der Waals surface area contributed by atoms with E-state index in [4.69, 9.17) is 5.14 Å². The average molecular weight is 397 g/mol. The first kappa shape index (κ1) is 18.1. The van der Waals surface area contributed by atoms with Crippen LogP contribution in [-0.4, -0.2) is 42.0 Å². The number of likely N-dealkylation sites (tertiary alicyclic amines) is 1. The van der Waals surface area contributed by atoms with Crippen molar-refractivity contribution in [1.29, 1.82) is 0 Å². The molecular formula is C19H15N3O5S. The summed E-state index contributed by atoms with van der Waals surface area (Å²) in [5.74, 6) is -1.51. The Morgan fingerprint density at radius 2 is 1.43 bits per heavy atom. The van der Waals surface area contributed by atoms with Crippen molar-refractivity contribution in [3.63, 3.8) is 0 Å². The van der Waals surface area contributed by atoms with Crippen LogP contribution in [0.25, 0.3) is 0 Å². The van der Waals surface area contributed by atoms with Gasteiger partial charge in [-0.2, -0.15) is 0 Å². The Bertz CT molecular complexity index is 1110. The van der Waals surface area contributed by atoms with E-state index in [-0.39, 0.29) is 16.0 Å². The van der Waals surface area contributed by atoms with E-state index < -0.39 is 39.8 Å². The molecule has 0 unspecified atom stereocenters. The van der Waals surface area contributed by atoms with Crippen molar-refractivity contribution >= 4 is 27.7 Å². The summed E-state index contributed by atoms with van der Waals surface area (Å²) in [4.78, 5) is 40.3. The third kappa shape index (κ3) is 2.48. The number of β-lactam (4-membered cyclic amide) rings is 1. The molecule has 3 amide bonds. The number of hydrogen-bond donors (Lipinski definition) is 1. The van der Waals surface area contributed by atoms with Crippen LogP contribution in [0, 0.1) is 0 Å². The molecular weight excluding hydrogens is 382 g/mol. The average Bonchev–Trinajstić information content (AvgIpc) is 2.91. The van der Waals surface area contributed by atoms with E-state index in [9.17, 15) is 22.8 Å². The summed E-state index contributed by atoms with van der Waals surface area (Å²) in [6.07, 6.45) is 1.31. The van der Waals surface area contributed by atoms with Crippen LogP contribution in [0.3, 0.4) is 0 Å². The van der Waals surface area contributed by atoms with Gasteiger partial charge in [-0.05, 0) is 29.8 Å². The normalized spacial score (nSPS) is 21.5. The lowest BCUT2D eigenvalue weighted by atomic mass is 9.87. The number of nitrogens with zero attached hydrogens (tertiary/aromatic N) is 2. The molecule has 2 aromatic carbocycles. The van der Waals surface area contributed by atoms with Crippen molar-refractivity contribution in [1.82, 2.24) is 9.80 Å². The molecule has 0 spiro atoms. The van der Waals surface area contributed by atoms with E-state index in [2.05, 4.69) is 6.58 Å². The summed E-state index contributed by atoms with van der Waals surface area (Å²) in [6.45, 7) is 3.61. The van der Waals surface area contributed by atoms with Crippen molar-refractivity contribution in [3.05, 3.63) is 78.0 Å². The number of imide groups is 1. The Kier molecular flexibility index (Phi) is 3.95. The van der Waals surface area contributed by atoms with E-state index in [1.54, 1.807) is 24.3 Å². The molecule has 8 nitrogen and oxygen atoms in total. The number of sulfonamides is 1. The zero-order chi connectivity index (χ0) is 20.2. The van der Waals surface area contributed by atoms with Gasteiger partial charge in [0.1, 0.15) is 6.04 Å². The summed E-state index contributed by atoms with van der Waals surface area (Å²) in [5, 5.41) is 5.11. The topological polar surface area (TPSA) is 118 Å². The van der Waals surface area contributed by atoms with Crippen LogP contribution in [0.5, 0.6) is 0 Å². The number of primary sulfonamides is 1. The molecule has 0 saturated carbocycles. The van der Waals surface area contributed by atoms with Gasteiger partial charge in [-0.1, -0.05) is 30.8 Å². The molecule has 142 valence electrons. The zero-order valence-electron chi connectivity index (χ0n) is 14.5. The predicted molar refractivity (Wildman–Crippen MR) is 98.3 cm³/mol. The molecule has 9 heteroatoms. The lowest BCUT2D eigenvalue weighted by Gasteiger charge is -2.48. The Labute approximate surface area is 160 Å². The largest absolute Gasteiger partial charge is 0.308 e. The molecule has 0 bridgehead atoms. The molecule has 2 heterocycles. The van der Waals surface area contributed by atoms with Crippen LogP contribution in [0.2, 0.25) is 0 Å². The Balaban J connectivity index is 1.73. The van der Waals surface area contributed by atoms with E-state index >= 15 is 0 Å². The number of nitrogens with two attached hydrogens (primary N) is 1. The first-order valence-corrected chi connectivity index (χ1v) is 9.84. The van der Waals surface area contributed by atoms with E-state index in [1.807, 2.05) is 0 Å². The van der Waals surface area contributed by atoms with Crippen molar-refractivity contribution in [2.45, 2.75) is 17.0 Å². The van der Waals surface area contributed by atoms with E-state index in [0.29, 0.717) is 5.56 Å². The molecule has 1 fully saturated rings. The third-order valence-electron chi connectivity index (χ3n) is 4.96. The smallest absolute Gasteiger partial charge is 0.262 e. The molecule has 2 aliphatic rings. The van der Waals surface area contributed by atoms with Crippen LogP contribution in [0.1, 0.15) is 32.3 Å². The van der Waals surface area contributed by atoms with Gasteiger partial charge in [-0.15, -0.1) is 0 Å². The van der Waals surface area contributed by atoms with E-state index in [0.717, 1.165) is 4.90 Å². The monoisotopic (exact) mass is 397 g/mol. The highest BCUT2D eigenvalue weighted by Gasteiger charge is 2.56. The lowest BCUT2D eigenvalue weighted by Crippen LogP contribution is -2.64. The van der Waals surface area contributed by atoms with Crippen molar-refractivity contribution < 1.29 is 22.8 Å². The van der Waals surface area contributed by atoms with Gasteiger partial charge in [0.15, 0.2) is 0 Å². The fourth-order valence-corrected chi connectivity index (χ4v) is 4.12. The maximum atomic E-state index is 12.8. The maximum Gasteiger partial charge on any atom is 0.262 e. The maximum absolute atomic E-state index is 12.8. The number of amides is 3. The number of rotatable bonds is 4. The summed E-state index contributed by atoms with van der Waals surface area (Å²) < 4.78 is 22.9. The molecule has 0 radical (unpaired) electrons. The van der Waals surface area contributed by atoms with Crippen LogP contribution in [0.15, 0.2) is 66.2 Å². The van der Waals surface area contributed by atoms with Crippen LogP contribution in [-0.2, 0) is 14.8 Å². The highest BCUT2D eigenvalue weighted by atomic mass is 32.2. The third-order valence-corrected chi connectivity index (χ3v) is 5.89. The SMILES string of the molecule is C=CN1C(=O)[C@@H](N2C(=O)c3ccccc3C2=O)[C@@H]1c1ccc(S(N)(=O)=O)cc1. The second-order valence-electron chi connectivity index (χ2n) is 6.46. The molecule has 0 aromatic heterocycles. The summed E-state index contributed by atoms with van der Waals surface area (Å²) >= 11 is 0. The number of carbonyl (C=O) groups is 3. The second-order valence-corrected chi connectivity index (χ2v) is 8.02. The first-order chi connectivity index (χ1) is 13.3. The number of benzene rings is 2. The van der Waals surface area contributed by atoms with Crippen molar-refractivity contribution in [2.75, 3.05) is 0 Å². The number of hydrogen-bond acceptors (Lipinski definition) is 5. The fraction of sp³-hybridized carbons (Fsp3) is 0.105. The van der Waals surface area contributed by atoms with Crippen molar-refractivity contribution in [3.8, 4) is 0 Å². The van der Waals surface area contributed by atoms with E-state index in [1.165, 1.54) is 35.4 Å². The Hall–Kier alpha value is -3.30. The van der Waals surface area contributed by atoms with Gasteiger partial charge >= 0.3 is 0 Å². The van der Waals surface area contributed by atoms with Gasteiger partial charge in [0.2, 0.25) is 10.0 Å². The van der Waals surface area contributed by atoms with Gasteiger partial charge in [0.05, 0.1) is 22.1 Å². The summed E-state index contributed by atoms with van der Waals surface area (Å²) in [7, 11) is -3.87. The second kappa shape index (κ2) is 6.11. The predicted octanol–water partition coefficient (Wildman–Crippen LogP) is 1.03. The van der Waals surface area contributed by atoms with Crippen LogP contribution >= 0.6 is 0 Å². The Morgan fingerprint density at radius 3 is 1.89 bits per heavy atom. The highest BCUT2D eigenvalue weighted by Crippen LogP contribution is 2.41. The minimum atomic E-state index is -3.87. The number of fused-ring (bicyclic) bond motifs is 1.